The van der Waals surface area contributed by atoms with E-state index in [4.69, 9.17) is 4.74 Å². The van der Waals surface area contributed by atoms with Gasteiger partial charge in [-0.05, 0) is 17.7 Å². The number of anilines is 1. The van der Waals surface area contributed by atoms with Crippen molar-refractivity contribution in [3.05, 3.63) is 71.3 Å². The zero-order valence-electron chi connectivity index (χ0n) is 16.1. The van der Waals surface area contributed by atoms with Crippen molar-refractivity contribution in [3.63, 3.8) is 0 Å². The highest BCUT2D eigenvalue weighted by molar-refractivity contribution is 6.02. The number of likely N-dealkylation sites (N-methyl/N-ethyl adjacent to an activating group) is 1. The number of benzene rings is 2. The van der Waals surface area contributed by atoms with Crippen LogP contribution in [0.5, 0.6) is 5.75 Å². The minimum Gasteiger partial charge on any atom is -0.487 e. The molecule has 3 aromatic rings. The van der Waals surface area contributed by atoms with Gasteiger partial charge in [0.05, 0.1) is 11.3 Å². The van der Waals surface area contributed by atoms with E-state index in [1.807, 2.05) is 36.4 Å². The number of fused-ring (bicyclic) bond motifs is 1. The fraction of sp³-hybridized carbons (Fsp3) is 0.190. The second-order valence-corrected chi connectivity index (χ2v) is 6.78. The zero-order valence-corrected chi connectivity index (χ0v) is 16.1. The van der Waals surface area contributed by atoms with Crippen LogP contribution < -0.4 is 15.0 Å². The maximum atomic E-state index is 12.8. The lowest BCUT2D eigenvalue weighted by Crippen LogP contribution is -2.49. The van der Waals surface area contributed by atoms with Crippen LogP contribution >= 0.6 is 0 Å². The van der Waals surface area contributed by atoms with Gasteiger partial charge in [-0.3, -0.25) is 9.59 Å². The van der Waals surface area contributed by atoms with Crippen molar-refractivity contribution >= 4 is 17.5 Å². The van der Waals surface area contributed by atoms with Crippen molar-refractivity contribution in [1.82, 2.24) is 20.5 Å². The van der Waals surface area contributed by atoms with Crippen LogP contribution in [0.15, 0.2) is 48.5 Å². The minimum absolute atomic E-state index is 0.0101. The van der Waals surface area contributed by atoms with Gasteiger partial charge >= 0.3 is 0 Å². The molecule has 0 unspecified atom stereocenters. The van der Waals surface area contributed by atoms with Crippen LogP contribution in [0.2, 0.25) is 0 Å². The van der Waals surface area contributed by atoms with Gasteiger partial charge < -0.3 is 19.9 Å². The van der Waals surface area contributed by atoms with Gasteiger partial charge in [0.15, 0.2) is 5.75 Å². The van der Waals surface area contributed by atoms with Gasteiger partial charge in [-0.25, -0.2) is 0 Å². The zero-order chi connectivity index (χ0) is 21.1. The van der Waals surface area contributed by atoms with Crippen LogP contribution in [0, 0.1) is 11.3 Å². The predicted octanol–water partition coefficient (Wildman–Crippen LogP) is 1.42. The molecule has 9 nitrogen and oxygen atoms in total. The van der Waals surface area contributed by atoms with Gasteiger partial charge in [0.1, 0.15) is 24.5 Å². The molecule has 1 aliphatic rings. The summed E-state index contributed by atoms with van der Waals surface area (Å²) in [6.45, 7) is -0.106. The van der Waals surface area contributed by atoms with E-state index in [0.717, 1.165) is 5.56 Å². The summed E-state index contributed by atoms with van der Waals surface area (Å²) < 4.78 is 5.70. The lowest BCUT2D eigenvalue weighted by atomic mass is 10.1. The first-order chi connectivity index (χ1) is 14.6. The number of ether oxygens (including phenoxy) is 1. The third-order valence-electron chi connectivity index (χ3n) is 4.77. The molecule has 1 aliphatic heterocycles. The van der Waals surface area contributed by atoms with Crippen LogP contribution in [0.25, 0.3) is 0 Å². The first kappa shape index (κ1) is 19.1. The Morgan fingerprint density at radius 1 is 1.27 bits per heavy atom. The van der Waals surface area contributed by atoms with Crippen molar-refractivity contribution in [2.45, 2.75) is 12.5 Å². The number of rotatable bonds is 4. The Kier molecular flexibility index (Phi) is 5.13. The van der Waals surface area contributed by atoms with Crippen LogP contribution in [-0.4, -0.2) is 46.7 Å². The maximum absolute atomic E-state index is 12.8. The average Bonchev–Trinajstić information content (AvgIpc) is 3.20. The Bertz CT molecular complexity index is 1140. The van der Waals surface area contributed by atoms with Crippen LogP contribution in [0.4, 0.5) is 5.69 Å². The van der Waals surface area contributed by atoms with Gasteiger partial charge in [0.2, 0.25) is 5.82 Å². The van der Waals surface area contributed by atoms with E-state index in [0.29, 0.717) is 29.2 Å². The summed E-state index contributed by atoms with van der Waals surface area (Å²) >= 11 is 0. The molecule has 2 heterocycles. The van der Waals surface area contributed by atoms with E-state index in [1.54, 1.807) is 25.2 Å². The van der Waals surface area contributed by atoms with Crippen molar-refractivity contribution < 1.29 is 14.3 Å². The van der Waals surface area contributed by atoms with Gasteiger partial charge in [0.25, 0.3) is 11.8 Å². The SMILES string of the molecule is CN1C(=O)[C@@H](NC(=O)c2nnc(Cc3ccccc3)[nH]2)COc2c(C#N)cccc21. The predicted molar refractivity (Wildman–Crippen MR) is 107 cm³/mol. The standard InChI is InChI=1S/C21H18N6O3/c1-27-16-9-5-8-14(11-22)18(16)30-12-15(21(27)29)23-20(28)19-24-17(25-26-19)10-13-6-3-2-4-7-13/h2-9,15H,10,12H2,1H3,(H,23,28)(H,24,25,26)/t15-/m0/s1. The number of amides is 2. The minimum atomic E-state index is -0.941. The van der Waals surface area contributed by atoms with Gasteiger partial charge in [-0.15, -0.1) is 10.2 Å². The Labute approximate surface area is 172 Å². The van der Waals surface area contributed by atoms with Crippen molar-refractivity contribution in [3.8, 4) is 11.8 Å². The molecule has 0 aliphatic carbocycles. The third kappa shape index (κ3) is 3.71. The summed E-state index contributed by atoms with van der Waals surface area (Å²) in [5.41, 5.74) is 1.82. The summed E-state index contributed by atoms with van der Waals surface area (Å²) in [6.07, 6.45) is 0.502. The number of para-hydroxylation sites is 1. The molecule has 1 atom stereocenters. The first-order valence-corrected chi connectivity index (χ1v) is 9.26. The number of aromatic amines is 1. The van der Waals surface area contributed by atoms with E-state index in [1.165, 1.54) is 4.90 Å². The van der Waals surface area contributed by atoms with E-state index in [9.17, 15) is 14.9 Å². The highest BCUT2D eigenvalue weighted by Gasteiger charge is 2.32. The number of nitrogens with one attached hydrogen (secondary N) is 2. The van der Waals surface area contributed by atoms with Crippen molar-refractivity contribution in [2.75, 3.05) is 18.6 Å². The monoisotopic (exact) mass is 402 g/mol. The molecule has 2 aromatic carbocycles. The van der Waals surface area contributed by atoms with Gasteiger partial charge in [0, 0.05) is 13.5 Å². The molecule has 30 heavy (non-hydrogen) atoms. The molecule has 9 heteroatoms. The highest BCUT2D eigenvalue weighted by Crippen LogP contribution is 2.33. The summed E-state index contributed by atoms with van der Waals surface area (Å²) in [6, 6.07) is 15.7. The molecule has 2 N–H and O–H groups in total. The molecule has 150 valence electrons. The Morgan fingerprint density at radius 2 is 2.07 bits per heavy atom. The molecule has 4 rings (SSSR count). The van der Waals surface area contributed by atoms with E-state index < -0.39 is 11.9 Å². The second-order valence-electron chi connectivity index (χ2n) is 6.78. The molecule has 0 fully saturated rings. The number of nitriles is 1. The number of hydrogen-bond acceptors (Lipinski definition) is 6. The maximum Gasteiger partial charge on any atom is 0.289 e. The van der Waals surface area contributed by atoms with Crippen molar-refractivity contribution in [1.29, 1.82) is 5.26 Å². The normalized spacial score (nSPS) is 15.5. The molecule has 0 saturated carbocycles. The second kappa shape index (κ2) is 8.05. The number of nitrogens with zero attached hydrogens (tertiary/aromatic N) is 4. The average molecular weight is 402 g/mol. The Balaban J connectivity index is 1.48. The molecular weight excluding hydrogens is 384 g/mol. The molecule has 2 amide bonds. The van der Waals surface area contributed by atoms with E-state index in [2.05, 4.69) is 20.5 Å². The molecule has 1 aromatic heterocycles. The molecule has 0 saturated heterocycles. The van der Waals surface area contributed by atoms with E-state index >= 15 is 0 Å². The number of aromatic nitrogens is 3. The summed E-state index contributed by atoms with van der Waals surface area (Å²) in [5.74, 6) is -0.0592. The molecule has 0 spiro atoms. The first-order valence-electron chi connectivity index (χ1n) is 9.26. The number of H-pyrrole nitrogens is 1. The number of carbonyl (C=O) groups is 2. The fourth-order valence-corrected chi connectivity index (χ4v) is 3.22. The lowest BCUT2D eigenvalue weighted by molar-refractivity contribution is -0.120. The molecule has 0 bridgehead atoms. The Morgan fingerprint density at radius 3 is 2.83 bits per heavy atom. The summed E-state index contributed by atoms with van der Waals surface area (Å²) in [7, 11) is 1.57. The third-order valence-corrected chi connectivity index (χ3v) is 4.77. The summed E-state index contributed by atoms with van der Waals surface area (Å²) in [4.78, 5) is 29.7. The van der Waals surface area contributed by atoms with Crippen LogP contribution in [-0.2, 0) is 11.2 Å². The van der Waals surface area contributed by atoms with Crippen molar-refractivity contribution in [2.24, 2.45) is 0 Å². The van der Waals surface area contributed by atoms with Crippen LogP contribution in [0.1, 0.15) is 27.6 Å². The van der Waals surface area contributed by atoms with Gasteiger partial charge in [-0.2, -0.15) is 5.26 Å². The smallest absolute Gasteiger partial charge is 0.289 e. The number of carbonyl (C=O) groups excluding carboxylic acids is 2. The van der Waals surface area contributed by atoms with E-state index in [-0.39, 0.29) is 18.3 Å². The molecule has 0 radical (unpaired) electrons. The molecular formula is C21H18N6O3. The fourth-order valence-electron chi connectivity index (χ4n) is 3.22. The summed E-state index contributed by atoms with van der Waals surface area (Å²) in [5, 5.41) is 19.8. The lowest BCUT2D eigenvalue weighted by Gasteiger charge is -2.20. The quantitative estimate of drug-likeness (QED) is 0.680. The largest absolute Gasteiger partial charge is 0.487 e. The van der Waals surface area contributed by atoms with Gasteiger partial charge in [-0.1, -0.05) is 36.4 Å². The number of hydrogen-bond donors (Lipinski definition) is 2. The van der Waals surface area contributed by atoms with Crippen LogP contribution in [0.3, 0.4) is 0 Å². The highest BCUT2D eigenvalue weighted by atomic mass is 16.5. The Hall–Kier alpha value is -4.19. The topological polar surface area (TPSA) is 124 Å².